The molecular weight excluding hydrogens is 296 g/mol. The molecule has 128 valence electrons. The first-order valence-electron chi connectivity index (χ1n) is 7.95. The minimum absolute atomic E-state index is 0.128. The molecule has 6 heteroatoms. The molecule has 1 N–H and O–H groups in total. The van der Waals surface area contributed by atoms with Crippen LogP contribution in [-0.2, 0) is 4.79 Å². The van der Waals surface area contributed by atoms with Gasteiger partial charge in [0.15, 0.2) is 0 Å². The number of benzene rings is 1. The number of amides is 1. The Morgan fingerprint density at radius 1 is 1.22 bits per heavy atom. The van der Waals surface area contributed by atoms with Gasteiger partial charge in [-0.3, -0.25) is 4.79 Å². The van der Waals surface area contributed by atoms with E-state index in [-0.39, 0.29) is 11.8 Å². The zero-order valence-corrected chi connectivity index (χ0v) is 14.1. The van der Waals surface area contributed by atoms with Crippen LogP contribution in [-0.4, -0.2) is 58.3 Å². The van der Waals surface area contributed by atoms with Crippen molar-refractivity contribution in [1.82, 2.24) is 10.2 Å². The van der Waals surface area contributed by atoms with Crippen molar-refractivity contribution >= 4 is 5.91 Å². The first-order chi connectivity index (χ1) is 11.1. The molecule has 6 nitrogen and oxygen atoms in total. The van der Waals surface area contributed by atoms with Crippen LogP contribution in [0, 0.1) is 5.92 Å². The van der Waals surface area contributed by atoms with Crippen LogP contribution in [0.2, 0.25) is 0 Å². The van der Waals surface area contributed by atoms with Crippen LogP contribution in [0.15, 0.2) is 18.2 Å². The summed E-state index contributed by atoms with van der Waals surface area (Å²) in [7, 11) is 5.07. The van der Waals surface area contributed by atoms with Crippen LogP contribution >= 0.6 is 0 Å². The lowest BCUT2D eigenvalue weighted by Crippen LogP contribution is -2.35. The van der Waals surface area contributed by atoms with E-state index in [1.54, 1.807) is 25.2 Å². The number of nitrogens with zero attached hydrogens (tertiary/aromatic N) is 1. The maximum Gasteiger partial charge on any atom is 0.226 e. The number of carbonyl (C=O) groups excluding carboxylic acids is 1. The normalized spacial score (nSPS) is 16.9. The molecule has 1 heterocycles. The molecule has 23 heavy (non-hydrogen) atoms. The van der Waals surface area contributed by atoms with Crippen molar-refractivity contribution < 1.29 is 19.0 Å². The molecule has 0 spiro atoms. The van der Waals surface area contributed by atoms with Gasteiger partial charge in [-0.1, -0.05) is 0 Å². The van der Waals surface area contributed by atoms with Gasteiger partial charge in [0, 0.05) is 38.3 Å². The highest BCUT2D eigenvalue weighted by atomic mass is 16.5. The summed E-state index contributed by atoms with van der Waals surface area (Å²) in [5, 5.41) is 3.22. The van der Waals surface area contributed by atoms with Gasteiger partial charge in [-0.25, -0.2) is 0 Å². The predicted octanol–water partition coefficient (Wildman–Crippen LogP) is 1.54. The Kier molecular flexibility index (Phi) is 6.52. The van der Waals surface area contributed by atoms with Crippen LogP contribution < -0.4 is 19.5 Å². The van der Waals surface area contributed by atoms with Crippen LogP contribution in [0.1, 0.15) is 12.8 Å². The van der Waals surface area contributed by atoms with Crippen LogP contribution in [0.3, 0.4) is 0 Å². The van der Waals surface area contributed by atoms with Gasteiger partial charge in [-0.2, -0.15) is 0 Å². The van der Waals surface area contributed by atoms with Gasteiger partial charge in [0.25, 0.3) is 0 Å². The van der Waals surface area contributed by atoms with Crippen molar-refractivity contribution in [2.24, 2.45) is 5.92 Å². The fraction of sp³-hybridized carbons (Fsp3) is 0.588. The van der Waals surface area contributed by atoms with Gasteiger partial charge < -0.3 is 24.4 Å². The molecule has 1 fully saturated rings. The number of carbonyl (C=O) groups is 1. The van der Waals surface area contributed by atoms with E-state index < -0.39 is 0 Å². The number of hydrogen-bond donors (Lipinski definition) is 1. The van der Waals surface area contributed by atoms with E-state index in [0.29, 0.717) is 30.4 Å². The predicted molar refractivity (Wildman–Crippen MR) is 88.3 cm³/mol. The molecule has 2 rings (SSSR count). The Bertz CT molecular complexity index is 493. The van der Waals surface area contributed by atoms with Crippen molar-refractivity contribution in [3.63, 3.8) is 0 Å². The van der Waals surface area contributed by atoms with Crippen molar-refractivity contribution in [3.05, 3.63) is 18.2 Å². The summed E-state index contributed by atoms with van der Waals surface area (Å²) in [6.07, 6.45) is 1.71. The number of methoxy groups -OCH3 is 2. The van der Waals surface area contributed by atoms with E-state index >= 15 is 0 Å². The van der Waals surface area contributed by atoms with E-state index in [1.165, 1.54) is 0 Å². The highest BCUT2D eigenvalue weighted by Crippen LogP contribution is 2.27. The lowest BCUT2D eigenvalue weighted by atomic mass is 10.1. The Morgan fingerprint density at radius 3 is 2.43 bits per heavy atom. The molecular formula is C17H26N2O4. The molecule has 1 aliphatic rings. The van der Waals surface area contributed by atoms with Gasteiger partial charge >= 0.3 is 0 Å². The largest absolute Gasteiger partial charge is 0.496 e. The molecule has 1 aliphatic heterocycles. The minimum atomic E-state index is 0.128. The van der Waals surface area contributed by atoms with E-state index in [2.05, 4.69) is 5.32 Å². The summed E-state index contributed by atoms with van der Waals surface area (Å²) in [5.41, 5.74) is 0. The molecule has 0 radical (unpaired) electrons. The molecule has 1 aromatic rings. The third-order valence-corrected chi connectivity index (χ3v) is 4.02. The Morgan fingerprint density at radius 2 is 1.87 bits per heavy atom. The molecule has 1 unspecified atom stereocenters. The lowest BCUT2D eigenvalue weighted by Gasteiger charge is -2.20. The van der Waals surface area contributed by atoms with E-state index in [0.717, 1.165) is 25.9 Å². The number of nitrogens with one attached hydrogen (secondary N) is 1. The number of ether oxygens (including phenoxy) is 3. The van der Waals surface area contributed by atoms with Crippen LogP contribution in [0.5, 0.6) is 17.2 Å². The minimum Gasteiger partial charge on any atom is -0.496 e. The summed E-state index contributed by atoms with van der Waals surface area (Å²) >= 11 is 0. The van der Waals surface area contributed by atoms with Gasteiger partial charge in [-0.15, -0.1) is 0 Å². The third kappa shape index (κ3) is 5.03. The molecule has 0 aromatic heterocycles. The standard InChI is InChI=1S/C17H26N2O4/c1-19(17(20)13-5-6-18-12-13)7-4-8-23-16-10-14(21-2)9-15(11-16)22-3/h9-11,13,18H,4-8,12H2,1-3H3. The second-order valence-electron chi connectivity index (χ2n) is 5.70. The second kappa shape index (κ2) is 8.62. The average Bonchev–Trinajstić information content (AvgIpc) is 3.11. The monoisotopic (exact) mass is 322 g/mol. The molecule has 1 atom stereocenters. The summed E-state index contributed by atoms with van der Waals surface area (Å²) in [5.74, 6) is 2.44. The van der Waals surface area contributed by atoms with Gasteiger partial charge in [0.1, 0.15) is 17.2 Å². The number of hydrogen-bond acceptors (Lipinski definition) is 5. The van der Waals surface area contributed by atoms with Gasteiger partial charge in [0.05, 0.1) is 26.7 Å². The van der Waals surface area contributed by atoms with Crippen molar-refractivity contribution in [2.75, 3.05) is 47.5 Å². The lowest BCUT2D eigenvalue weighted by molar-refractivity contribution is -0.133. The van der Waals surface area contributed by atoms with E-state index in [9.17, 15) is 4.79 Å². The van der Waals surface area contributed by atoms with Crippen molar-refractivity contribution in [2.45, 2.75) is 12.8 Å². The molecule has 0 aliphatic carbocycles. The summed E-state index contributed by atoms with van der Waals surface area (Å²) in [6, 6.07) is 5.44. The zero-order chi connectivity index (χ0) is 16.7. The third-order valence-electron chi connectivity index (χ3n) is 4.02. The maximum atomic E-state index is 12.2. The van der Waals surface area contributed by atoms with Gasteiger partial charge in [-0.05, 0) is 19.4 Å². The Labute approximate surface area is 137 Å². The quantitative estimate of drug-likeness (QED) is 0.736. The molecule has 1 saturated heterocycles. The highest BCUT2D eigenvalue weighted by Gasteiger charge is 2.24. The molecule has 1 aromatic carbocycles. The first kappa shape index (κ1) is 17.4. The average molecular weight is 322 g/mol. The second-order valence-corrected chi connectivity index (χ2v) is 5.70. The van der Waals surface area contributed by atoms with E-state index in [4.69, 9.17) is 14.2 Å². The first-order valence-corrected chi connectivity index (χ1v) is 7.95. The Balaban J connectivity index is 1.75. The summed E-state index contributed by atoms with van der Waals surface area (Å²) < 4.78 is 16.2. The summed E-state index contributed by atoms with van der Waals surface area (Å²) in [6.45, 7) is 2.96. The topological polar surface area (TPSA) is 60.0 Å². The van der Waals surface area contributed by atoms with Crippen molar-refractivity contribution in [1.29, 1.82) is 0 Å². The Hall–Kier alpha value is -1.95. The maximum absolute atomic E-state index is 12.2. The van der Waals surface area contributed by atoms with Crippen molar-refractivity contribution in [3.8, 4) is 17.2 Å². The highest BCUT2D eigenvalue weighted by molar-refractivity contribution is 5.79. The van der Waals surface area contributed by atoms with Gasteiger partial charge in [0.2, 0.25) is 5.91 Å². The molecule has 1 amide bonds. The van der Waals surface area contributed by atoms with Crippen LogP contribution in [0.25, 0.3) is 0 Å². The van der Waals surface area contributed by atoms with Crippen LogP contribution in [0.4, 0.5) is 0 Å². The molecule has 0 bridgehead atoms. The molecule has 0 saturated carbocycles. The fourth-order valence-electron chi connectivity index (χ4n) is 2.64. The number of rotatable bonds is 8. The fourth-order valence-corrected chi connectivity index (χ4v) is 2.64. The summed E-state index contributed by atoms with van der Waals surface area (Å²) in [4.78, 5) is 14.0. The zero-order valence-electron chi connectivity index (χ0n) is 14.1. The van der Waals surface area contributed by atoms with E-state index in [1.807, 2.05) is 19.2 Å². The smallest absolute Gasteiger partial charge is 0.226 e. The SMILES string of the molecule is COc1cc(OC)cc(OCCCN(C)C(=O)C2CCNC2)c1.